The van der Waals surface area contributed by atoms with Crippen LogP contribution in [0.4, 0.5) is 68.2 Å². The maximum Gasteiger partial charge on any atom is 0.135 e. The molecule has 0 fully saturated rings. The summed E-state index contributed by atoms with van der Waals surface area (Å²) < 4.78 is 6.58. The van der Waals surface area contributed by atoms with Gasteiger partial charge in [-0.3, -0.25) is 0 Å². The first-order chi connectivity index (χ1) is 38.2. The van der Waals surface area contributed by atoms with Crippen LogP contribution in [0.25, 0.3) is 44.2 Å². The monoisotopic (exact) mass is 988 g/mol. The molecule has 5 nitrogen and oxygen atoms in total. The molecule has 1 heterocycles. The van der Waals surface area contributed by atoms with Crippen LogP contribution in [-0.2, 0) is 0 Å². The fourth-order valence-electron chi connectivity index (χ4n) is 10.5. The van der Waals surface area contributed by atoms with Crippen LogP contribution in [-0.4, -0.2) is 0 Å². The molecule has 1 aromatic heterocycles. The van der Waals surface area contributed by atoms with Crippen LogP contribution in [0.3, 0.4) is 0 Å². The molecule has 0 amide bonds. The Balaban J connectivity index is 0.808. The first-order valence-electron chi connectivity index (χ1n) is 26.1. The highest BCUT2D eigenvalue weighted by atomic mass is 16.3. The van der Waals surface area contributed by atoms with Gasteiger partial charge in [-0.25, -0.2) is 0 Å². The van der Waals surface area contributed by atoms with Crippen molar-refractivity contribution in [1.29, 1.82) is 0 Å². The summed E-state index contributed by atoms with van der Waals surface area (Å²) in [5.41, 5.74) is 19.2. The molecule has 366 valence electrons. The van der Waals surface area contributed by atoms with Crippen molar-refractivity contribution in [1.82, 2.24) is 0 Å². The lowest BCUT2D eigenvalue weighted by molar-refractivity contribution is 0.669. The van der Waals surface area contributed by atoms with Crippen LogP contribution >= 0.6 is 0 Å². The van der Waals surface area contributed by atoms with Crippen LogP contribution in [0.5, 0.6) is 0 Å². The van der Waals surface area contributed by atoms with Crippen LogP contribution < -0.4 is 19.6 Å². The van der Waals surface area contributed by atoms with Crippen molar-refractivity contribution < 1.29 is 4.42 Å². The predicted octanol–water partition coefficient (Wildman–Crippen LogP) is 20.8. The molecule has 0 aliphatic heterocycles. The molecule has 0 spiro atoms. The fourth-order valence-corrected chi connectivity index (χ4v) is 10.5. The third-order valence-electron chi connectivity index (χ3n) is 14.2. The average Bonchev–Trinajstić information content (AvgIpc) is 3.89. The van der Waals surface area contributed by atoms with Gasteiger partial charge in [0.05, 0.1) is 0 Å². The van der Waals surface area contributed by atoms with E-state index in [2.05, 4.69) is 335 Å². The van der Waals surface area contributed by atoms with E-state index in [1.54, 1.807) is 0 Å². The number of nitrogens with zero attached hydrogens (tertiary/aromatic N) is 4. The van der Waals surface area contributed by atoms with Crippen molar-refractivity contribution in [3.63, 3.8) is 0 Å². The predicted molar refractivity (Wildman–Crippen MR) is 323 cm³/mol. The molecule has 0 atom stereocenters. The number of furan rings is 1. The topological polar surface area (TPSA) is 26.1 Å². The molecule has 0 N–H and O–H groups in total. The normalized spacial score (nSPS) is 11.1. The van der Waals surface area contributed by atoms with Gasteiger partial charge in [0.25, 0.3) is 0 Å². The minimum atomic E-state index is 0.836. The summed E-state index contributed by atoms with van der Waals surface area (Å²) in [7, 11) is 0. The van der Waals surface area contributed by atoms with Crippen LogP contribution in [0.2, 0.25) is 0 Å². The van der Waals surface area contributed by atoms with Gasteiger partial charge in [-0.05, 0) is 180 Å². The zero-order valence-electron chi connectivity index (χ0n) is 42.2. The first kappa shape index (κ1) is 46.4. The van der Waals surface area contributed by atoms with E-state index in [-0.39, 0.29) is 0 Å². The van der Waals surface area contributed by atoms with Crippen LogP contribution in [0.15, 0.2) is 320 Å². The Hall–Kier alpha value is -10.4. The number of benzene rings is 12. The number of fused-ring (bicyclic) bond motifs is 3. The van der Waals surface area contributed by atoms with Gasteiger partial charge in [0.15, 0.2) is 0 Å². The molecule has 77 heavy (non-hydrogen) atoms. The van der Waals surface area contributed by atoms with Gasteiger partial charge < -0.3 is 24.0 Å². The van der Waals surface area contributed by atoms with Crippen LogP contribution in [0.1, 0.15) is 0 Å². The molecule has 0 aliphatic rings. The van der Waals surface area contributed by atoms with Gasteiger partial charge in [0.2, 0.25) is 0 Å². The van der Waals surface area contributed by atoms with Crippen molar-refractivity contribution in [2.75, 3.05) is 19.6 Å². The molecular weight excluding hydrogens is 937 g/mol. The lowest BCUT2D eigenvalue weighted by atomic mass is 10.0. The summed E-state index contributed by atoms with van der Waals surface area (Å²) in [6, 6.07) is 112. The Bertz CT molecular complexity index is 3700. The number of anilines is 12. The highest BCUT2D eigenvalue weighted by Gasteiger charge is 2.20. The molecule has 13 aromatic rings. The van der Waals surface area contributed by atoms with E-state index in [9.17, 15) is 0 Å². The molecule has 0 bridgehead atoms. The lowest BCUT2D eigenvalue weighted by Gasteiger charge is -2.26. The third-order valence-corrected chi connectivity index (χ3v) is 14.2. The minimum Gasteiger partial charge on any atom is -0.456 e. The van der Waals surface area contributed by atoms with E-state index < -0.39 is 0 Å². The molecule has 0 aliphatic carbocycles. The van der Waals surface area contributed by atoms with Crippen molar-refractivity contribution in [3.8, 4) is 22.3 Å². The summed E-state index contributed by atoms with van der Waals surface area (Å²) >= 11 is 0. The molecule has 13 rings (SSSR count). The van der Waals surface area contributed by atoms with E-state index >= 15 is 0 Å². The summed E-state index contributed by atoms with van der Waals surface area (Å²) in [5, 5.41) is 2.09. The largest absolute Gasteiger partial charge is 0.456 e. The number of para-hydroxylation sites is 6. The Morgan fingerprint density at radius 1 is 0.169 bits per heavy atom. The smallest absolute Gasteiger partial charge is 0.135 e. The average molecular weight is 989 g/mol. The summed E-state index contributed by atoms with van der Waals surface area (Å²) in [4.78, 5) is 9.22. The van der Waals surface area contributed by atoms with Crippen molar-refractivity contribution in [2.45, 2.75) is 0 Å². The Kier molecular flexibility index (Phi) is 12.6. The second-order valence-electron chi connectivity index (χ2n) is 19.0. The second-order valence-corrected chi connectivity index (χ2v) is 19.0. The number of hydrogen-bond acceptors (Lipinski definition) is 5. The minimum absolute atomic E-state index is 0.836. The maximum absolute atomic E-state index is 6.58. The van der Waals surface area contributed by atoms with Crippen molar-refractivity contribution in [2.24, 2.45) is 0 Å². The summed E-state index contributed by atoms with van der Waals surface area (Å²) in [6.07, 6.45) is 0. The molecule has 12 aromatic carbocycles. The van der Waals surface area contributed by atoms with E-state index in [0.717, 1.165) is 112 Å². The highest BCUT2D eigenvalue weighted by Crippen LogP contribution is 2.44. The van der Waals surface area contributed by atoms with Gasteiger partial charge in [-0.1, -0.05) is 158 Å². The fraction of sp³-hybridized carbons (Fsp3) is 0. The quantitative estimate of drug-likeness (QED) is 0.108. The zero-order valence-corrected chi connectivity index (χ0v) is 42.2. The number of hydrogen-bond donors (Lipinski definition) is 0. The van der Waals surface area contributed by atoms with Gasteiger partial charge >= 0.3 is 0 Å². The summed E-state index contributed by atoms with van der Waals surface area (Å²) in [5.74, 6) is 0. The lowest BCUT2D eigenvalue weighted by Crippen LogP contribution is -2.10. The van der Waals surface area contributed by atoms with Crippen molar-refractivity contribution >= 4 is 90.2 Å². The third kappa shape index (κ3) is 9.46. The Labute approximate surface area is 449 Å². The van der Waals surface area contributed by atoms with Gasteiger partial charge in [-0.2, -0.15) is 0 Å². The first-order valence-corrected chi connectivity index (χ1v) is 26.1. The van der Waals surface area contributed by atoms with Crippen LogP contribution in [0, 0.1) is 0 Å². The van der Waals surface area contributed by atoms with Gasteiger partial charge in [-0.15, -0.1) is 0 Å². The number of rotatable bonds is 14. The zero-order chi connectivity index (χ0) is 51.3. The Morgan fingerprint density at radius 3 is 0.571 bits per heavy atom. The maximum atomic E-state index is 6.58. The van der Waals surface area contributed by atoms with E-state index in [1.165, 1.54) is 0 Å². The van der Waals surface area contributed by atoms with Gasteiger partial charge in [0.1, 0.15) is 11.2 Å². The van der Waals surface area contributed by atoms with Gasteiger partial charge in [0, 0.05) is 79.0 Å². The molecule has 0 radical (unpaired) electrons. The molecule has 5 heteroatoms. The molecule has 0 unspecified atom stereocenters. The Morgan fingerprint density at radius 2 is 0.351 bits per heavy atom. The standard InChI is InChI=1S/C72H52N4O/c1-7-19-57(20-8-1)73(58-21-9-2-10-22-58)63-39-31-53(32-40-63)55-35-43-65(44-36-55)75(61-27-15-5-16-28-61)67-47-49-71-69(51-67)70-52-68(48-50-72(70)77-71)76(62-29-17-6-18-30-62)66-45-37-56(38-46-66)54-33-41-64(42-34-54)74(59-23-11-3-12-24-59)60-25-13-4-14-26-60/h1-52H. The molecular formula is C72H52N4O. The SMILES string of the molecule is c1ccc(N(c2ccccc2)c2ccc(-c3ccc(N(c4ccccc4)c4ccc5oc6ccc(N(c7ccccc7)c7ccc(-c8ccc(N(c9ccccc9)c9ccccc9)cc8)cc7)cc6c5c4)cc3)cc2)cc1. The molecule has 0 saturated heterocycles. The van der Waals surface area contributed by atoms with E-state index in [0.29, 0.717) is 0 Å². The molecule has 0 saturated carbocycles. The van der Waals surface area contributed by atoms with E-state index in [4.69, 9.17) is 4.42 Å². The highest BCUT2D eigenvalue weighted by molar-refractivity contribution is 6.08. The van der Waals surface area contributed by atoms with E-state index in [1.807, 2.05) is 0 Å². The summed E-state index contributed by atoms with van der Waals surface area (Å²) in [6.45, 7) is 0. The second kappa shape index (κ2) is 20.9. The van der Waals surface area contributed by atoms with Crippen molar-refractivity contribution in [3.05, 3.63) is 315 Å².